The molecule has 0 aliphatic carbocycles. The number of para-hydroxylation sites is 1. The predicted molar refractivity (Wildman–Crippen MR) is 83.4 cm³/mol. The molecular weight excluding hydrogens is 296 g/mol. The van der Waals surface area contributed by atoms with E-state index >= 15 is 0 Å². The van der Waals surface area contributed by atoms with Crippen molar-refractivity contribution >= 4 is 23.1 Å². The van der Waals surface area contributed by atoms with E-state index in [1.165, 1.54) is 6.07 Å². The highest BCUT2D eigenvalue weighted by atomic mass is 16.5. The van der Waals surface area contributed by atoms with E-state index in [9.17, 15) is 9.90 Å². The van der Waals surface area contributed by atoms with Crippen LogP contribution >= 0.6 is 0 Å². The summed E-state index contributed by atoms with van der Waals surface area (Å²) >= 11 is 0. The van der Waals surface area contributed by atoms with Crippen molar-refractivity contribution in [1.82, 2.24) is 9.38 Å². The van der Waals surface area contributed by atoms with Gasteiger partial charge in [-0.25, -0.2) is 9.78 Å². The Bertz CT molecular complexity index is 886. The van der Waals surface area contributed by atoms with Crippen LogP contribution in [0.15, 0.2) is 58.9 Å². The van der Waals surface area contributed by atoms with Gasteiger partial charge in [-0.1, -0.05) is 18.2 Å². The molecule has 0 spiro atoms. The number of benzene rings is 1. The number of esters is 1. The van der Waals surface area contributed by atoms with Crippen molar-refractivity contribution in [1.29, 1.82) is 0 Å². The molecule has 7 heteroatoms. The quantitative estimate of drug-likeness (QED) is 0.588. The van der Waals surface area contributed by atoms with Gasteiger partial charge in [0, 0.05) is 6.20 Å². The highest BCUT2D eigenvalue weighted by molar-refractivity contribution is 5.93. The summed E-state index contributed by atoms with van der Waals surface area (Å²) in [6.45, 7) is 1.96. The van der Waals surface area contributed by atoms with Crippen molar-refractivity contribution < 1.29 is 14.6 Å². The number of aromatic hydroxyl groups is 1. The summed E-state index contributed by atoms with van der Waals surface area (Å²) < 4.78 is 6.64. The molecule has 3 rings (SSSR count). The van der Waals surface area contributed by atoms with Gasteiger partial charge in [-0.15, -0.1) is 10.2 Å². The highest BCUT2D eigenvalue weighted by Gasteiger charge is 2.20. The summed E-state index contributed by atoms with van der Waals surface area (Å²) in [7, 11) is 0. The summed E-state index contributed by atoms with van der Waals surface area (Å²) in [6.07, 6.45) is 1.73. The number of pyridine rings is 1. The number of aromatic nitrogens is 2. The first-order valence-corrected chi connectivity index (χ1v) is 7.04. The van der Waals surface area contributed by atoms with Crippen LogP contribution in [0.5, 0.6) is 5.75 Å². The zero-order valence-corrected chi connectivity index (χ0v) is 12.4. The molecule has 2 aromatic heterocycles. The number of phenols is 1. The highest BCUT2D eigenvalue weighted by Crippen LogP contribution is 2.29. The number of phenolic OH excluding ortho intramolecular Hbond substituents is 1. The first-order valence-electron chi connectivity index (χ1n) is 7.04. The molecule has 0 fully saturated rings. The van der Waals surface area contributed by atoms with Crippen molar-refractivity contribution in [3.05, 3.63) is 54.4 Å². The van der Waals surface area contributed by atoms with E-state index in [0.717, 1.165) is 0 Å². The summed E-state index contributed by atoms with van der Waals surface area (Å²) in [4.78, 5) is 16.3. The van der Waals surface area contributed by atoms with Crippen molar-refractivity contribution in [2.45, 2.75) is 6.92 Å². The molecule has 0 amide bonds. The Morgan fingerprint density at radius 2 is 2.00 bits per heavy atom. The van der Waals surface area contributed by atoms with E-state index in [0.29, 0.717) is 11.3 Å². The molecule has 0 bridgehead atoms. The van der Waals surface area contributed by atoms with E-state index < -0.39 is 5.97 Å². The molecule has 1 N–H and O–H groups in total. The zero-order chi connectivity index (χ0) is 16.2. The molecule has 7 nitrogen and oxygen atoms in total. The lowest BCUT2D eigenvalue weighted by atomic mass is 10.3. The molecular formula is C16H14N4O3. The third kappa shape index (κ3) is 2.89. The standard InChI is InChI=1S/C16H14N4O3/c1-2-23-16(22)14-15(20-10-6-5-9-13(20)17-14)19-18-11-7-3-4-8-12(11)21/h3-10,21H,2H2,1H3. The minimum absolute atomic E-state index is 0.00255. The van der Waals surface area contributed by atoms with Crippen LogP contribution in [0.25, 0.3) is 5.65 Å². The van der Waals surface area contributed by atoms with E-state index in [1.807, 2.05) is 0 Å². The number of hydrogen-bond donors (Lipinski definition) is 1. The fourth-order valence-corrected chi connectivity index (χ4v) is 2.06. The molecule has 3 aromatic rings. The molecule has 116 valence electrons. The summed E-state index contributed by atoms with van der Waals surface area (Å²) in [5, 5.41) is 17.8. The molecule has 1 aromatic carbocycles. The minimum Gasteiger partial charge on any atom is -0.506 e. The van der Waals surface area contributed by atoms with Gasteiger partial charge >= 0.3 is 5.97 Å². The number of nitrogens with zero attached hydrogens (tertiary/aromatic N) is 4. The van der Waals surface area contributed by atoms with Gasteiger partial charge in [-0.05, 0) is 31.2 Å². The maximum Gasteiger partial charge on any atom is 0.360 e. The molecule has 2 heterocycles. The summed E-state index contributed by atoms with van der Waals surface area (Å²) in [5.41, 5.74) is 0.937. The molecule has 0 radical (unpaired) electrons. The van der Waals surface area contributed by atoms with Crippen molar-refractivity contribution in [3.8, 4) is 5.75 Å². The average Bonchev–Trinajstić information content (AvgIpc) is 2.93. The fraction of sp³-hybridized carbons (Fsp3) is 0.125. The zero-order valence-electron chi connectivity index (χ0n) is 12.4. The largest absolute Gasteiger partial charge is 0.506 e. The number of rotatable bonds is 4. The van der Waals surface area contributed by atoms with Crippen LogP contribution in [0.4, 0.5) is 11.5 Å². The molecule has 0 aliphatic rings. The molecule has 0 saturated carbocycles. The van der Waals surface area contributed by atoms with Crippen LogP contribution < -0.4 is 0 Å². The van der Waals surface area contributed by atoms with Crippen molar-refractivity contribution in [2.75, 3.05) is 6.61 Å². The van der Waals surface area contributed by atoms with Gasteiger partial charge < -0.3 is 9.84 Å². The van der Waals surface area contributed by atoms with Crippen molar-refractivity contribution in [2.24, 2.45) is 10.2 Å². The second-order valence-corrected chi connectivity index (χ2v) is 4.62. The van der Waals surface area contributed by atoms with Crippen LogP contribution in [0.3, 0.4) is 0 Å². The fourth-order valence-electron chi connectivity index (χ4n) is 2.06. The predicted octanol–water partition coefficient (Wildman–Crippen LogP) is 3.63. The smallest absolute Gasteiger partial charge is 0.360 e. The molecule has 23 heavy (non-hydrogen) atoms. The summed E-state index contributed by atoms with van der Waals surface area (Å²) in [5.74, 6) is -0.313. The number of carbonyl (C=O) groups excluding carboxylic acids is 1. The lowest BCUT2D eigenvalue weighted by Crippen LogP contribution is -2.05. The number of hydrogen-bond acceptors (Lipinski definition) is 6. The number of ether oxygens (including phenoxy) is 1. The Morgan fingerprint density at radius 1 is 1.22 bits per heavy atom. The minimum atomic E-state index is -0.567. The number of imidazole rings is 1. The number of azo groups is 1. The van der Waals surface area contributed by atoms with Gasteiger partial charge in [0.25, 0.3) is 0 Å². The third-order valence-electron chi connectivity index (χ3n) is 3.11. The van der Waals surface area contributed by atoms with Crippen LogP contribution in [0.1, 0.15) is 17.4 Å². The van der Waals surface area contributed by atoms with Gasteiger partial charge in [0.05, 0.1) is 6.61 Å². The van der Waals surface area contributed by atoms with Gasteiger partial charge in [0.2, 0.25) is 0 Å². The maximum absolute atomic E-state index is 12.1. The average molecular weight is 310 g/mol. The maximum atomic E-state index is 12.1. The van der Waals surface area contributed by atoms with E-state index in [2.05, 4.69) is 15.2 Å². The third-order valence-corrected chi connectivity index (χ3v) is 3.11. The van der Waals surface area contributed by atoms with E-state index in [4.69, 9.17) is 4.74 Å². The van der Waals surface area contributed by atoms with Crippen LogP contribution in [0, 0.1) is 0 Å². The van der Waals surface area contributed by atoms with Crippen LogP contribution in [-0.4, -0.2) is 27.1 Å². The number of fused-ring (bicyclic) bond motifs is 1. The van der Waals surface area contributed by atoms with Crippen molar-refractivity contribution in [3.63, 3.8) is 0 Å². The Kier molecular flexibility index (Phi) is 4.01. The molecule has 0 unspecified atom stereocenters. The van der Waals surface area contributed by atoms with Gasteiger partial charge in [0.1, 0.15) is 17.1 Å². The van der Waals surface area contributed by atoms with Gasteiger partial charge in [-0.2, -0.15) is 0 Å². The van der Waals surface area contributed by atoms with Gasteiger partial charge in [-0.3, -0.25) is 4.40 Å². The molecule has 0 saturated heterocycles. The van der Waals surface area contributed by atoms with Gasteiger partial charge in [0.15, 0.2) is 11.5 Å². The lowest BCUT2D eigenvalue weighted by Gasteiger charge is -2.00. The lowest BCUT2D eigenvalue weighted by molar-refractivity contribution is 0.0521. The monoisotopic (exact) mass is 310 g/mol. The van der Waals surface area contributed by atoms with E-state index in [-0.39, 0.29) is 23.9 Å². The Hall–Kier alpha value is -3.22. The topological polar surface area (TPSA) is 88.5 Å². The van der Waals surface area contributed by atoms with Crippen LogP contribution in [0.2, 0.25) is 0 Å². The second-order valence-electron chi connectivity index (χ2n) is 4.62. The van der Waals surface area contributed by atoms with E-state index in [1.54, 1.807) is 53.9 Å². The Balaban J connectivity index is 2.09. The summed E-state index contributed by atoms with van der Waals surface area (Å²) in [6, 6.07) is 11.9. The first-order chi connectivity index (χ1) is 11.2. The Morgan fingerprint density at radius 3 is 2.78 bits per heavy atom. The normalized spacial score (nSPS) is 11.2. The van der Waals surface area contributed by atoms with Crippen LogP contribution in [-0.2, 0) is 4.74 Å². The second kappa shape index (κ2) is 6.27. The SMILES string of the molecule is CCOC(=O)c1nc2ccccn2c1N=Nc1ccccc1O. The molecule has 0 aliphatic heterocycles. The Labute approximate surface area is 131 Å². The first kappa shape index (κ1) is 14.7. The molecule has 0 atom stereocenters. The number of carbonyl (C=O) groups is 1.